The van der Waals surface area contributed by atoms with Crippen LogP contribution >= 0.6 is 0 Å². The van der Waals surface area contributed by atoms with E-state index >= 15 is 0 Å². The van der Waals surface area contributed by atoms with Gasteiger partial charge in [0.25, 0.3) is 0 Å². The fraction of sp³-hybridized carbons (Fsp3) is 1.00. The van der Waals surface area contributed by atoms with Gasteiger partial charge in [-0.25, -0.2) is 0 Å². The van der Waals surface area contributed by atoms with Crippen molar-refractivity contribution in [1.29, 1.82) is 0 Å². The van der Waals surface area contributed by atoms with Crippen molar-refractivity contribution in [2.75, 3.05) is 0 Å². The van der Waals surface area contributed by atoms with Crippen molar-refractivity contribution in [3.05, 3.63) is 0 Å². The van der Waals surface area contributed by atoms with Crippen LogP contribution in [0.4, 0.5) is 0 Å². The molecule has 3 heteroatoms. The van der Waals surface area contributed by atoms with Gasteiger partial charge in [0.1, 0.15) is 0 Å². The van der Waals surface area contributed by atoms with Gasteiger partial charge in [0.15, 0.2) is 0 Å². The van der Waals surface area contributed by atoms with Gasteiger partial charge in [0.05, 0.1) is 0 Å². The zero-order chi connectivity index (χ0) is 11.9. The van der Waals surface area contributed by atoms with Crippen molar-refractivity contribution in [1.82, 2.24) is 0 Å². The van der Waals surface area contributed by atoms with Crippen molar-refractivity contribution in [2.45, 2.75) is 75.4 Å². The normalized spacial score (nSPS) is 13.2. The summed E-state index contributed by atoms with van der Waals surface area (Å²) in [6.07, 6.45) is 0. The molecular weight excluding hydrogens is 261 g/mol. The Morgan fingerprint density at radius 1 is 0.733 bits per heavy atom. The van der Waals surface area contributed by atoms with Crippen molar-refractivity contribution in [2.24, 2.45) is 0 Å². The molecule has 0 saturated carbocycles. The van der Waals surface area contributed by atoms with Crippen LogP contribution in [0.15, 0.2) is 0 Å². The van der Waals surface area contributed by atoms with Gasteiger partial charge in [-0.2, -0.15) is 0 Å². The first-order chi connectivity index (χ1) is 7.07. The van der Waals surface area contributed by atoms with E-state index in [4.69, 9.17) is 3.45 Å². The summed E-state index contributed by atoms with van der Waals surface area (Å²) in [4.78, 5) is 0. The second-order valence-electron chi connectivity index (χ2n) is 4.59. The Labute approximate surface area is 101 Å². The summed E-state index contributed by atoms with van der Waals surface area (Å²) in [5.41, 5.74) is 0. The Hall–Kier alpha value is 0.720. The third-order valence-electron chi connectivity index (χ3n) is 4.30. The van der Waals surface area contributed by atoms with Gasteiger partial charge >= 0.3 is 101 Å². The number of hydrogen-bond donors (Lipinski definition) is 0. The summed E-state index contributed by atoms with van der Waals surface area (Å²) in [7, 11) is -1.33. The quantitative estimate of drug-likeness (QED) is 0.571. The van der Waals surface area contributed by atoms with Crippen LogP contribution in [0.3, 0.4) is 0 Å². The van der Waals surface area contributed by atoms with Gasteiger partial charge in [0, 0.05) is 0 Å². The van der Waals surface area contributed by atoms with E-state index in [9.17, 15) is 0 Å². The first kappa shape index (κ1) is 15.7. The molecule has 0 fully saturated rings. The Kier molecular flexibility index (Phi) is 7.47. The van der Waals surface area contributed by atoms with Crippen molar-refractivity contribution >= 4 is 21.9 Å². The van der Waals surface area contributed by atoms with Gasteiger partial charge in [-0.3, -0.25) is 0 Å². The molecule has 0 saturated heterocycles. The molecule has 0 aromatic heterocycles. The zero-order valence-corrected chi connectivity index (χ0v) is 14.7. The molecule has 0 aromatic rings. The van der Waals surface area contributed by atoms with E-state index in [1.807, 2.05) is 0 Å². The van der Waals surface area contributed by atoms with Gasteiger partial charge < -0.3 is 0 Å². The fourth-order valence-corrected chi connectivity index (χ4v) is 20.1. The second kappa shape index (κ2) is 7.13. The summed E-state index contributed by atoms with van der Waals surface area (Å²) in [6, 6.07) is 3.94. The van der Waals surface area contributed by atoms with E-state index < -0.39 is 21.9 Å². The van der Waals surface area contributed by atoms with Crippen LogP contribution in [0.1, 0.15) is 41.5 Å². The second-order valence-corrected chi connectivity index (χ2v) is 20.0. The monoisotopic (exact) mass is 292 g/mol. The van der Waals surface area contributed by atoms with Crippen LogP contribution < -0.4 is 0 Å². The van der Waals surface area contributed by atoms with Crippen LogP contribution in [0.2, 0.25) is 33.9 Å². The Morgan fingerprint density at radius 3 is 1.27 bits per heavy atom. The molecule has 92 valence electrons. The number of hydrogen-bond acceptors (Lipinski definition) is 1. The average molecular weight is 291 g/mol. The molecule has 0 aromatic carbocycles. The van der Waals surface area contributed by atoms with Gasteiger partial charge in [0.2, 0.25) is 0 Å². The summed E-state index contributed by atoms with van der Waals surface area (Å²) >= 11 is -1.89. The predicted molar refractivity (Wildman–Crippen MR) is 75.5 cm³/mol. The molecule has 0 amide bonds. The molecule has 0 bridgehead atoms. The molecular formula is C12H30GeOSi. The summed E-state index contributed by atoms with van der Waals surface area (Å²) in [6.45, 7) is 14.1. The molecule has 0 rings (SSSR count). The molecule has 0 N–H and O–H groups in total. The zero-order valence-electron chi connectivity index (χ0n) is 11.7. The van der Waals surface area contributed by atoms with E-state index in [-0.39, 0.29) is 0 Å². The van der Waals surface area contributed by atoms with E-state index in [1.165, 1.54) is 33.9 Å². The third-order valence-corrected chi connectivity index (χ3v) is 22.6. The van der Waals surface area contributed by atoms with Gasteiger partial charge in [-0.1, -0.05) is 0 Å². The minimum absolute atomic E-state index is 1.31. The topological polar surface area (TPSA) is 9.23 Å². The van der Waals surface area contributed by atoms with Gasteiger partial charge in [-0.05, 0) is 0 Å². The standard InChI is InChI=1S/C12H30GeOSi/c1-7-13(8-2,9-3)14-15(10-4,11-5)12-6/h7-12H2,1-6H3. The molecule has 0 radical (unpaired) electrons. The molecule has 0 aliphatic heterocycles. The molecule has 0 aliphatic carbocycles. The van der Waals surface area contributed by atoms with Crippen LogP contribution in [-0.2, 0) is 3.45 Å². The predicted octanol–water partition coefficient (Wildman–Crippen LogP) is 5.01. The number of rotatable bonds is 8. The summed E-state index contributed by atoms with van der Waals surface area (Å²) < 4.78 is 6.85. The third kappa shape index (κ3) is 3.90. The SMILES string of the molecule is CC[Si](CC)(CC)[O][Ge]([CH2]C)([CH2]C)[CH2]C. The first-order valence-corrected chi connectivity index (χ1v) is 14.6. The molecule has 0 spiro atoms. The van der Waals surface area contributed by atoms with Crippen LogP contribution in [0, 0.1) is 0 Å². The molecule has 0 aliphatic rings. The summed E-state index contributed by atoms with van der Waals surface area (Å²) in [5.74, 6) is 0. The fourth-order valence-electron chi connectivity index (χ4n) is 2.39. The molecule has 0 atom stereocenters. The van der Waals surface area contributed by atoms with E-state index in [2.05, 4.69) is 41.5 Å². The van der Waals surface area contributed by atoms with Crippen molar-refractivity contribution in [3.8, 4) is 0 Å². The Balaban J connectivity index is 4.74. The first-order valence-electron chi connectivity index (χ1n) is 6.77. The summed E-state index contributed by atoms with van der Waals surface area (Å²) in [5, 5.41) is 4.05. The molecule has 0 unspecified atom stereocenters. The molecule has 0 heterocycles. The van der Waals surface area contributed by atoms with Crippen LogP contribution in [0.25, 0.3) is 0 Å². The Morgan fingerprint density at radius 2 is 1.07 bits per heavy atom. The maximum absolute atomic E-state index is 6.85. The van der Waals surface area contributed by atoms with E-state index in [0.717, 1.165) is 0 Å². The molecule has 1 nitrogen and oxygen atoms in total. The minimum atomic E-state index is -1.89. The molecule has 15 heavy (non-hydrogen) atoms. The average Bonchev–Trinajstić information content (AvgIpc) is 2.33. The van der Waals surface area contributed by atoms with Crippen LogP contribution in [0.5, 0.6) is 0 Å². The van der Waals surface area contributed by atoms with Crippen LogP contribution in [-0.4, -0.2) is 21.9 Å². The van der Waals surface area contributed by atoms with Crippen molar-refractivity contribution < 1.29 is 3.45 Å². The van der Waals surface area contributed by atoms with E-state index in [1.54, 1.807) is 0 Å². The van der Waals surface area contributed by atoms with E-state index in [0.29, 0.717) is 0 Å². The van der Waals surface area contributed by atoms with Crippen molar-refractivity contribution in [3.63, 3.8) is 0 Å². The van der Waals surface area contributed by atoms with Gasteiger partial charge in [-0.15, -0.1) is 0 Å². The Bertz CT molecular complexity index is 130. The maximum atomic E-state index is 6.85.